The Morgan fingerprint density at radius 1 is 1.23 bits per heavy atom. The lowest BCUT2D eigenvalue weighted by Gasteiger charge is -2.31. The van der Waals surface area contributed by atoms with E-state index >= 15 is 0 Å². The predicted octanol–water partition coefficient (Wildman–Crippen LogP) is 3.61. The van der Waals surface area contributed by atoms with Crippen LogP contribution in [0, 0.1) is 5.92 Å². The van der Waals surface area contributed by atoms with E-state index in [4.69, 9.17) is 0 Å². The fourth-order valence-electron chi connectivity index (χ4n) is 2.80. The second-order valence-electron chi connectivity index (χ2n) is 6.55. The fraction of sp³-hybridized carbons (Fsp3) is 0.471. The van der Waals surface area contributed by atoms with Gasteiger partial charge in [-0.05, 0) is 18.4 Å². The van der Waals surface area contributed by atoms with Crippen LogP contribution in [-0.2, 0) is 17.5 Å². The van der Waals surface area contributed by atoms with Crippen molar-refractivity contribution in [2.45, 2.75) is 31.6 Å². The Morgan fingerprint density at radius 3 is 2.42 bits per heavy atom. The first kappa shape index (κ1) is 17.4. The highest BCUT2D eigenvalue weighted by atomic mass is 32.2. The van der Waals surface area contributed by atoms with E-state index in [-0.39, 0.29) is 17.6 Å². The third kappa shape index (κ3) is 3.58. The lowest BCUT2D eigenvalue weighted by atomic mass is 10.1. The summed E-state index contributed by atoms with van der Waals surface area (Å²) < 4.78 is 41.9. The Hall–Kier alpha value is -2.03. The average molecular weight is 383 g/mol. The summed E-state index contributed by atoms with van der Waals surface area (Å²) in [6.45, 7) is 0.519. The number of hydrogen-bond donors (Lipinski definition) is 0. The summed E-state index contributed by atoms with van der Waals surface area (Å²) in [4.78, 5) is 17.9. The number of carbonyl (C=O) groups is 1. The van der Waals surface area contributed by atoms with Gasteiger partial charge in [0.15, 0.2) is 0 Å². The van der Waals surface area contributed by atoms with E-state index in [1.807, 2.05) is 4.90 Å². The molecule has 1 aromatic carbocycles. The zero-order valence-corrected chi connectivity index (χ0v) is 14.5. The molecule has 0 bridgehead atoms. The van der Waals surface area contributed by atoms with Crippen LogP contribution in [0.1, 0.15) is 24.3 Å². The molecule has 26 heavy (non-hydrogen) atoms. The highest BCUT2D eigenvalue weighted by molar-refractivity contribution is 8.00. The van der Waals surface area contributed by atoms with Crippen molar-refractivity contribution in [2.75, 3.05) is 11.5 Å². The van der Waals surface area contributed by atoms with Crippen LogP contribution in [0.3, 0.4) is 0 Å². The molecule has 138 valence electrons. The second kappa shape index (κ2) is 6.61. The lowest BCUT2D eigenvalue weighted by Crippen LogP contribution is -2.42. The zero-order chi connectivity index (χ0) is 18.3. The van der Waals surface area contributed by atoms with Gasteiger partial charge in [0.2, 0.25) is 11.7 Å². The number of amides is 1. The third-order valence-corrected chi connectivity index (χ3v) is 5.77. The van der Waals surface area contributed by atoms with Crippen molar-refractivity contribution in [3.05, 3.63) is 35.7 Å². The van der Waals surface area contributed by atoms with Gasteiger partial charge in [-0.3, -0.25) is 4.79 Å². The molecule has 2 fully saturated rings. The molecule has 0 N–H and O–H groups in total. The quantitative estimate of drug-likeness (QED) is 0.790. The van der Waals surface area contributed by atoms with Gasteiger partial charge < -0.3 is 9.42 Å². The van der Waals surface area contributed by atoms with Crippen molar-refractivity contribution in [1.82, 2.24) is 15.0 Å². The molecule has 1 saturated carbocycles. The number of carbonyl (C=O) groups excluding carboxylic acids is 1. The smallest absolute Gasteiger partial charge is 0.335 e. The van der Waals surface area contributed by atoms with Crippen LogP contribution in [0.2, 0.25) is 0 Å². The monoisotopic (exact) mass is 383 g/mol. The molecule has 4 rings (SSSR count). The maximum absolute atomic E-state index is 12.6. The minimum absolute atomic E-state index is 0.106. The van der Waals surface area contributed by atoms with Gasteiger partial charge in [0.25, 0.3) is 0 Å². The SMILES string of the molecule is O=C(C1CSC1)N(Cc1ccc(-c2noc(C(F)(F)F)n2)cc1)C1CC1. The maximum atomic E-state index is 12.6. The van der Waals surface area contributed by atoms with Gasteiger partial charge >= 0.3 is 12.1 Å². The van der Waals surface area contributed by atoms with Crippen molar-refractivity contribution >= 4 is 17.7 Å². The lowest BCUT2D eigenvalue weighted by molar-refractivity contribution is -0.159. The summed E-state index contributed by atoms with van der Waals surface area (Å²) in [5.41, 5.74) is 1.37. The van der Waals surface area contributed by atoms with Gasteiger partial charge in [0.1, 0.15) is 0 Å². The molecule has 5 nitrogen and oxygen atoms in total. The molecule has 1 saturated heterocycles. The Balaban J connectivity index is 1.47. The molecule has 0 unspecified atom stereocenters. The number of alkyl halides is 3. The average Bonchev–Trinajstić information content (AvgIpc) is 3.25. The summed E-state index contributed by atoms with van der Waals surface area (Å²) in [5, 5.41) is 3.38. The zero-order valence-electron chi connectivity index (χ0n) is 13.7. The van der Waals surface area contributed by atoms with E-state index in [0.29, 0.717) is 18.2 Å². The third-order valence-electron chi connectivity index (χ3n) is 4.49. The van der Waals surface area contributed by atoms with Crippen molar-refractivity contribution in [3.8, 4) is 11.4 Å². The number of benzene rings is 1. The standard InChI is InChI=1S/C17H16F3N3O2S/c18-17(19,20)16-21-14(22-25-16)11-3-1-10(2-4-11)7-23(13-5-6-13)15(24)12-8-26-9-12/h1-4,12-13H,5-9H2. The van der Waals surface area contributed by atoms with E-state index in [1.54, 1.807) is 36.0 Å². The molecule has 0 radical (unpaired) electrons. The van der Waals surface area contributed by atoms with Gasteiger partial charge in [-0.1, -0.05) is 29.4 Å². The first-order chi connectivity index (χ1) is 12.4. The molecule has 1 aliphatic carbocycles. The highest BCUT2D eigenvalue weighted by Crippen LogP contribution is 2.34. The first-order valence-corrected chi connectivity index (χ1v) is 9.46. The minimum atomic E-state index is -4.66. The summed E-state index contributed by atoms with van der Waals surface area (Å²) in [5.74, 6) is 0.648. The van der Waals surface area contributed by atoms with Gasteiger partial charge in [-0.25, -0.2) is 0 Å². The Kier molecular flexibility index (Phi) is 4.42. The van der Waals surface area contributed by atoms with Crippen LogP contribution >= 0.6 is 11.8 Å². The molecule has 0 atom stereocenters. The summed E-state index contributed by atoms with van der Waals surface area (Å²) in [6.07, 6.45) is -2.59. The minimum Gasteiger partial charge on any atom is -0.335 e. The maximum Gasteiger partial charge on any atom is 0.471 e. The summed E-state index contributed by atoms with van der Waals surface area (Å²) in [6, 6.07) is 7.19. The molecule has 1 aliphatic heterocycles. The molecule has 9 heteroatoms. The fourth-order valence-corrected chi connectivity index (χ4v) is 3.55. The molecule has 1 aromatic heterocycles. The van der Waals surface area contributed by atoms with Gasteiger partial charge in [0, 0.05) is 29.7 Å². The molecule has 2 aliphatic rings. The van der Waals surface area contributed by atoms with Gasteiger partial charge in [-0.15, -0.1) is 0 Å². The highest BCUT2D eigenvalue weighted by Gasteiger charge is 2.39. The van der Waals surface area contributed by atoms with Crippen molar-refractivity contribution in [1.29, 1.82) is 0 Å². The summed E-state index contributed by atoms with van der Waals surface area (Å²) >= 11 is 1.78. The first-order valence-electron chi connectivity index (χ1n) is 8.30. The van der Waals surface area contributed by atoms with Crippen molar-refractivity contribution in [3.63, 3.8) is 0 Å². The van der Waals surface area contributed by atoms with Gasteiger partial charge in [-0.2, -0.15) is 29.9 Å². The Bertz CT molecular complexity index is 798. The van der Waals surface area contributed by atoms with E-state index < -0.39 is 12.1 Å². The van der Waals surface area contributed by atoms with Crippen LogP contribution in [0.4, 0.5) is 13.2 Å². The normalized spacial score (nSPS) is 17.8. The Labute approximate surface area is 151 Å². The number of hydrogen-bond acceptors (Lipinski definition) is 5. The van der Waals surface area contributed by atoms with Crippen LogP contribution in [-0.4, -0.2) is 38.5 Å². The van der Waals surface area contributed by atoms with Crippen molar-refractivity contribution in [2.24, 2.45) is 5.92 Å². The molecular formula is C17H16F3N3O2S. The van der Waals surface area contributed by atoms with Crippen LogP contribution < -0.4 is 0 Å². The summed E-state index contributed by atoms with van der Waals surface area (Å²) in [7, 11) is 0. The van der Waals surface area contributed by atoms with E-state index in [9.17, 15) is 18.0 Å². The number of aromatic nitrogens is 2. The number of thioether (sulfide) groups is 1. The molecule has 2 aromatic rings. The van der Waals surface area contributed by atoms with Crippen LogP contribution in [0.15, 0.2) is 28.8 Å². The second-order valence-corrected chi connectivity index (χ2v) is 7.62. The molecule has 1 amide bonds. The Morgan fingerprint density at radius 2 is 1.92 bits per heavy atom. The van der Waals surface area contributed by atoms with E-state index in [1.165, 1.54) is 0 Å². The van der Waals surface area contributed by atoms with Crippen molar-refractivity contribution < 1.29 is 22.5 Å². The largest absolute Gasteiger partial charge is 0.471 e. The molecular weight excluding hydrogens is 367 g/mol. The topological polar surface area (TPSA) is 59.2 Å². The molecule has 0 spiro atoms. The van der Waals surface area contributed by atoms with Gasteiger partial charge in [0.05, 0.1) is 5.92 Å². The van der Waals surface area contributed by atoms with Crippen LogP contribution in [0.5, 0.6) is 0 Å². The number of rotatable bonds is 5. The number of nitrogens with zero attached hydrogens (tertiary/aromatic N) is 3. The molecule has 2 heterocycles. The van der Waals surface area contributed by atoms with Crippen LogP contribution in [0.25, 0.3) is 11.4 Å². The van der Waals surface area contributed by atoms with E-state index in [2.05, 4.69) is 14.7 Å². The van der Waals surface area contributed by atoms with E-state index in [0.717, 1.165) is 29.9 Å². The predicted molar refractivity (Wildman–Crippen MR) is 89.1 cm³/mol. The number of halogens is 3.